The zero-order valence-corrected chi connectivity index (χ0v) is 16.5. The van der Waals surface area contributed by atoms with Gasteiger partial charge in [-0.3, -0.25) is 4.79 Å². The minimum atomic E-state index is -0.396. The highest BCUT2D eigenvalue weighted by molar-refractivity contribution is 7.16. The van der Waals surface area contributed by atoms with Crippen LogP contribution in [0.5, 0.6) is 5.75 Å². The van der Waals surface area contributed by atoms with Crippen molar-refractivity contribution in [2.24, 2.45) is 0 Å². The number of carbonyl (C=O) groups excluding carboxylic acids is 2. The van der Waals surface area contributed by atoms with Gasteiger partial charge in [-0.05, 0) is 51.3 Å². The number of aryl methyl sites for hydroxylation is 2. The van der Waals surface area contributed by atoms with E-state index in [0.717, 1.165) is 21.8 Å². The Morgan fingerprint density at radius 3 is 2.58 bits per heavy atom. The van der Waals surface area contributed by atoms with Crippen LogP contribution in [0.4, 0.5) is 5.00 Å². The van der Waals surface area contributed by atoms with Crippen LogP contribution in [0.25, 0.3) is 0 Å². The first kappa shape index (κ1) is 20.0. The number of rotatable bonds is 8. The van der Waals surface area contributed by atoms with Crippen LogP contribution in [0.1, 0.15) is 46.1 Å². The molecule has 1 N–H and O–H groups in total. The maximum Gasteiger partial charge on any atom is 0.341 e. The van der Waals surface area contributed by atoms with Gasteiger partial charge in [0, 0.05) is 11.3 Å². The number of amides is 1. The SMILES string of the molecule is CCOC(=O)c1c(NC(=O)CCCOc2ccccc2C)sc(C)c1C. The molecule has 6 heteroatoms. The van der Waals surface area contributed by atoms with Crippen molar-refractivity contribution in [3.63, 3.8) is 0 Å². The molecule has 1 amide bonds. The standard InChI is InChI=1S/C20H25NO4S/c1-5-24-20(23)18-14(3)15(4)26-19(18)21-17(22)11-8-12-25-16-10-7-6-9-13(16)2/h6-7,9-10H,5,8,11-12H2,1-4H3,(H,21,22). The lowest BCUT2D eigenvalue weighted by molar-refractivity contribution is -0.116. The lowest BCUT2D eigenvalue weighted by atomic mass is 10.1. The molecule has 0 unspecified atom stereocenters. The summed E-state index contributed by atoms with van der Waals surface area (Å²) in [6.07, 6.45) is 0.919. The number of hydrogen-bond acceptors (Lipinski definition) is 5. The number of thiophene rings is 1. The molecule has 1 aromatic carbocycles. The molecule has 140 valence electrons. The lowest BCUT2D eigenvalue weighted by Crippen LogP contribution is -2.15. The second-order valence-corrected chi connectivity index (χ2v) is 7.20. The zero-order chi connectivity index (χ0) is 19.1. The summed E-state index contributed by atoms with van der Waals surface area (Å²) in [6, 6.07) is 7.79. The van der Waals surface area contributed by atoms with Crippen LogP contribution in [0.15, 0.2) is 24.3 Å². The van der Waals surface area contributed by atoms with Crippen molar-refractivity contribution in [1.82, 2.24) is 0 Å². The fraction of sp³-hybridized carbons (Fsp3) is 0.400. The van der Waals surface area contributed by atoms with Gasteiger partial charge in [-0.1, -0.05) is 18.2 Å². The van der Waals surface area contributed by atoms with Crippen molar-refractivity contribution in [1.29, 1.82) is 0 Å². The Balaban J connectivity index is 1.89. The summed E-state index contributed by atoms with van der Waals surface area (Å²) in [5.41, 5.74) is 2.38. The third kappa shape index (κ3) is 5.08. The van der Waals surface area contributed by atoms with Gasteiger partial charge in [0.2, 0.25) is 5.91 Å². The predicted octanol–water partition coefficient (Wildman–Crippen LogP) is 4.65. The fourth-order valence-electron chi connectivity index (χ4n) is 2.49. The number of carbonyl (C=O) groups is 2. The van der Waals surface area contributed by atoms with Crippen molar-refractivity contribution in [2.45, 2.75) is 40.5 Å². The smallest absolute Gasteiger partial charge is 0.341 e. The molecule has 0 saturated carbocycles. The maximum atomic E-state index is 12.2. The summed E-state index contributed by atoms with van der Waals surface area (Å²) >= 11 is 1.40. The second-order valence-electron chi connectivity index (χ2n) is 5.97. The number of benzene rings is 1. The maximum absolute atomic E-state index is 12.2. The van der Waals surface area contributed by atoms with Crippen LogP contribution in [0, 0.1) is 20.8 Å². The Morgan fingerprint density at radius 1 is 1.15 bits per heavy atom. The van der Waals surface area contributed by atoms with E-state index < -0.39 is 5.97 Å². The Bertz CT molecular complexity index is 782. The van der Waals surface area contributed by atoms with Gasteiger partial charge < -0.3 is 14.8 Å². The third-order valence-corrected chi connectivity index (χ3v) is 5.14. The van der Waals surface area contributed by atoms with Gasteiger partial charge in [0.25, 0.3) is 0 Å². The van der Waals surface area contributed by atoms with Crippen molar-refractivity contribution >= 4 is 28.2 Å². The number of anilines is 1. The second kappa shape index (κ2) is 9.38. The average Bonchev–Trinajstić information content (AvgIpc) is 2.87. The molecule has 0 bridgehead atoms. The molecule has 0 spiro atoms. The Morgan fingerprint density at radius 2 is 1.88 bits per heavy atom. The normalized spacial score (nSPS) is 10.5. The first-order valence-corrected chi connectivity index (χ1v) is 9.51. The highest BCUT2D eigenvalue weighted by atomic mass is 32.1. The molecule has 2 aromatic rings. The van der Waals surface area contributed by atoms with Crippen LogP contribution in [0.3, 0.4) is 0 Å². The fourth-order valence-corrected chi connectivity index (χ4v) is 3.55. The third-order valence-electron chi connectivity index (χ3n) is 4.02. The number of para-hydroxylation sites is 1. The number of esters is 1. The monoisotopic (exact) mass is 375 g/mol. The van der Waals surface area contributed by atoms with E-state index >= 15 is 0 Å². The van der Waals surface area contributed by atoms with Crippen molar-refractivity contribution in [3.8, 4) is 5.75 Å². The largest absolute Gasteiger partial charge is 0.493 e. The van der Waals surface area contributed by atoms with Crippen molar-refractivity contribution in [3.05, 3.63) is 45.8 Å². The molecule has 0 fully saturated rings. The summed E-state index contributed by atoms with van der Waals surface area (Å²) in [7, 11) is 0. The van der Waals surface area contributed by atoms with Gasteiger partial charge >= 0.3 is 5.97 Å². The quantitative estimate of drug-likeness (QED) is 0.539. The summed E-state index contributed by atoms with van der Waals surface area (Å²) in [4.78, 5) is 25.4. The minimum absolute atomic E-state index is 0.134. The summed E-state index contributed by atoms with van der Waals surface area (Å²) < 4.78 is 10.8. The first-order chi connectivity index (χ1) is 12.4. The molecule has 0 aliphatic heterocycles. The van der Waals surface area contributed by atoms with E-state index in [4.69, 9.17) is 9.47 Å². The molecule has 0 radical (unpaired) electrons. The Kier molecular flexibility index (Phi) is 7.21. The molecule has 5 nitrogen and oxygen atoms in total. The number of nitrogens with one attached hydrogen (secondary N) is 1. The Hall–Kier alpha value is -2.34. The van der Waals surface area contributed by atoms with Gasteiger partial charge in [-0.15, -0.1) is 11.3 Å². The zero-order valence-electron chi connectivity index (χ0n) is 15.7. The van der Waals surface area contributed by atoms with Crippen LogP contribution >= 0.6 is 11.3 Å². The lowest BCUT2D eigenvalue weighted by Gasteiger charge is -2.09. The molecule has 1 heterocycles. The van der Waals surface area contributed by atoms with Gasteiger partial charge in [-0.2, -0.15) is 0 Å². The molecule has 0 saturated heterocycles. The molecular formula is C20H25NO4S. The van der Waals surface area contributed by atoms with Gasteiger partial charge in [0.15, 0.2) is 0 Å². The summed E-state index contributed by atoms with van der Waals surface area (Å²) in [6.45, 7) is 8.31. The number of hydrogen-bond donors (Lipinski definition) is 1. The number of ether oxygens (including phenoxy) is 2. The van der Waals surface area contributed by atoms with E-state index in [-0.39, 0.29) is 5.91 Å². The molecule has 0 aliphatic rings. The van der Waals surface area contributed by atoms with Crippen LogP contribution < -0.4 is 10.1 Å². The molecular weight excluding hydrogens is 350 g/mol. The molecule has 26 heavy (non-hydrogen) atoms. The van der Waals surface area contributed by atoms with E-state index in [0.29, 0.717) is 36.6 Å². The summed E-state index contributed by atoms with van der Waals surface area (Å²) in [5.74, 6) is 0.305. The Labute approximate surface area is 158 Å². The van der Waals surface area contributed by atoms with Gasteiger partial charge in [0.1, 0.15) is 10.8 Å². The van der Waals surface area contributed by atoms with E-state index in [1.165, 1.54) is 11.3 Å². The van der Waals surface area contributed by atoms with Gasteiger partial charge in [0.05, 0.1) is 18.8 Å². The van der Waals surface area contributed by atoms with Crippen molar-refractivity contribution in [2.75, 3.05) is 18.5 Å². The molecule has 1 aromatic heterocycles. The minimum Gasteiger partial charge on any atom is -0.493 e. The highest BCUT2D eigenvalue weighted by Crippen LogP contribution is 2.33. The van der Waals surface area contributed by atoms with E-state index in [1.54, 1.807) is 6.92 Å². The first-order valence-electron chi connectivity index (χ1n) is 8.69. The van der Waals surface area contributed by atoms with Crippen LogP contribution in [-0.4, -0.2) is 25.1 Å². The molecule has 2 rings (SSSR count). The molecule has 0 atom stereocenters. The molecule has 0 aliphatic carbocycles. The average molecular weight is 375 g/mol. The van der Waals surface area contributed by atoms with Gasteiger partial charge in [-0.25, -0.2) is 4.79 Å². The highest BCUT2D eigenvalue weighted by Gasteiger charge is 2.21. The van der Waals surface area contributed by atoms with E-state index in [2.05, 4.69) is 5.32 Å². The van der Waals surface area contributed by atoms with E-state index in [9.17, 15) is 9.59 Å². The van der Waals surface area contributed by atoms with Crippen molar-refractivity contribution < 1.29 is 19.1 Å². The predicted molar refractivity (Wildman–Crippen MR) is 104 cm³/mol. The topological polar surface area (TPSA) is 64.6 Å². The van der Waals surface area contributed by atoms with Crippen LogP contribution in [0.2, 0.25) is 0 Å². The van der Waals surface area contributed by atoms with Crippen LogP contribution in [-0.2, 0) is 9.53 Å². The van der Waals surface area contributed by atoms with E-state index in [1.807, 2.05) is 45.0 Å². The summed E-state index contributed by atoms with van der Waals surface area (Å²) in [5, 5.41) is 3.40.